The smallest absolute Gasteiger partial charge is 0.255 e. The maximum atomic E-state index is 12.6. The van der Waals surface area contributed by atoms with E-state index in [-0.39, 0.29) is 12.5 Å². The Morgan fingerprint density at radius 1 is 1.00 bits per heavy atom. The monoisotopic (exact) mass is 360 g/mol. The van der Waals surface area contributed by atoms with Crippen LogP contribution in [0.3, 0.4) is 0 Å². The lowest BCUT2D eigenvalue weighted by molar-refractivity contribution is 0.0946. The van der Waals surface area contributed by atoms with Crippen LogP contribution in [0.4, 0.5) is 11.9 Å². The van der Waals surface area contributed by atoms with Gasteiger partial charge in [0.05, 0.1) is 26.3 Å². The van der Waals surface area contributed by atoms with Crippen molar-refractivity contribution in [1.82, 2.24) is 20.3 Å². The highest BCUT2D eigenvalue weighted by Crippen LogP contribution is 2.30. The second-order valence-corrected chi connectivity index (χ2v) is 5.86. The second kappa shape index (κ2) is 8.32. The van der Waals surface area contributed by atoms with Gasteiger partial charge in [0.1, 0.15) is 0 Å². The number of hydrogen-bond donors (Lipinski definition) is 1. The first-order chi connectivity index (χ1) is 12.4. The van der Waals surface area contributed by atoms with Crippen LogP contribution in [0, 0.1) is 0 Å². The Morgan fingerprint density at radius 3 is 2.12 bits per heavy atom. The summed E-state index contributed by atoms with van der Waals surface area (Å²) in [6.45, 7) is 0.156. The van der Waals surface area contributed by atoms with Crippen molar-refractivity contribution >= 4 is 17.8 Å². The zero-order chi connectivity index (χ0) is 19.3. The molecular weight excluding hydrogens is 336 g/mol. The summed E-state index contributed by atoms with van der Waals surface area (Å²) in [7, 11) is 10.4. The van der Waals surface area contributed by atoms with Gasteiger partial charge in [-0.1, -0.05) is 6.07 Å². The fourth-order valence-corrected chi connectivity index (χ4v) is 2.19. The van der Waals surface area contributed by atoms with Crippen LogP contribution < -0.4 is 24.6 Å². The van der Waals surface area contributed by atoms with Gasteiger partial charge in [0.15, 0.2) is 17.3 Å². The van der Waals surface area contributed by atoms with Gasteiger partial charge in [-0.2, -0.15) is 15.0 Å². The van der Waals surface area contributed by atoms with Crippen LogP contribution in [0.1, 0.15) is 16.2 Å². The Labute approximate surface area is 153 Å². The maximum Gasteiger partial charge on any atom is 0.255 e. The van der Waals surface area contributed by atoms with Crippen molar-refractivity contribution in [1.29, 1.82) is 0 Å². The molecule has 0 aliphatic rings. The Hall–Kier alpha value is -3.10. The van der Waals surface area contributed by atoms with E-state index >= 15 is 0 Å². The van der Waals surface area contributed by atoms with Crippen molar-refractivity contribution in [2.75, 3.05) is 52.2 Å². The summed E-state index contributed by atoms with van der Waals surface area (Å²) in [6.07, 6.45) is 0. The number of ether oxygens (including phenoxy) is 2. The second-order valence-electron chi connectivity index (χ2n) is 5.86. The van der Waals surface area contributed by atoms with E-state index in [0.717, 1.165) is 0 Å². The highest BCUT2D eigenvalue weighted by atomic mass is 16.5. The van der Waals surface area contributed by atoms with Crippen LogP contribution in [0.15, 0.2) is 18.2 Å². The zero-order valence-electron chi connectivity index (χ0n) is 15.9. The average Bonchev–Trinajstić information content (AvgIpc) is 2.64. The largest absolute Gasteiger partial charge is 0.493 e. The van der Waals surface area contributed by atoms with E-state index < -0.39 is 0 Å². The van der Waals surface area contributed by atoms with Crippen molar-refractivity contribution in [3.8, 4) is 11.5 Å². The molecule has 0 bridgehead atoms. The molecule has 26 heavy (non-hydrogen) atoms. The molecule has 0 saturated carbocycles. The van der Waals surface area contributed by atoms with Gasteiger partial charge in [-0.15, -0.1) is 0 Å². The molecule has 0 radical (unpaired) electrons. The van der Waals surface area contributed by atoms with Gasteiger partial charge in [0.2, 0.25) is 11.9 Å². The first kappa shape index (κ1) is 19.2. The number of hydrogen-bond acceptors (Lipinski definition) is 8. The third kappa shape index (κ3) is 4.29. The predicted molar refractivity (Wildman–Crippen MR) is 99.2 cm³/mol. The van der Waals surface area contributed by atoms with E-state index in [1.165, 1.54) is 14.2 Å². The van der Waals surface area contributed by atoms with Gasteiger partial charge in [0.25, 0.3) is 5.91 Å². The summed E-state index contributed by atoms with van der Waals surface area (Å²) in [5.74, 6) is 2.07. The van der Waals surface area contributed by atoms with E-state index in [1.807, 2.05) is 28.2 Å². The molecule has 0 fully saturated rings. The van der Waals surface area contributed by atoms with Crippen molar-refractivity contribution in [3.05, 3.63) is 29.6 Å². The molecule has 9 heteroatoms. The van der Waals surface area contributed by atoms with Gasteiger partial charge in [0, 0.05) is 28.2 Å². The lowest BCUT2D eigenvalue weighted by Crippen LogP contribution is -2.26. The minimum Gasteiger partial charge on any atom is -0.493 e. The quantitative estimate of drug-likeness (QED) is 0.780. The summed E-state index contributed by atoms with van der Waals surface area (Å²) in [6, 6.07) is 5.13. The number of nitrogens with zero attached hydrogens (tertiary/aromatic N) is 5. The van der Waals surface area contributed by atoms with E-state index in [0.29, 0.717) is 34.8 Å². The Bertz CT molecular complexity index is 753. The highest BCUT2D eigenvalue weighted by Gasteiger charge is 2.17. The van der Waals surface area contributed by atoms with Crippen molar-refractivity contribution in [2.45, 2.75) is 6.54 Å². The molecule has 9 nitrogen and oxygen atoms in total. The molecule has 1 amide bonds. The van der Waals surface area contributed by atoms with Gasteiger partial charge < -0.3 is 24.6 Å². The number of methoxy groups -OCH3 is 2. The molecule has 1 heterocycles. The number of amides is 1. The van der Waals surface area contributed by atoms with E-state index in [1.54, 1.807) is 28.0 Å². The normalized spacial score (nSPS) is 10.2. The Balaban J connectivity index is 2.22. The Kier molecular flexibility index (Phi) is 6.16. The fraction of sp³-hybridized carbons (Fsp3) is 0.412. The Morgan fingerprint density at radius 2 is 1.62 bits per heavy atom. The van der Waals surface area contributed by atoms with Crippen molar-refractivity contribution < 1.29 is 14.3 Å². The lowest BCUT2D eigenvalue weighted by Gasteiger charge is -2.16. The summed E-state index contributed by atoms with van der Waals surface area (Å²) >= 11 is 0. The average molecular weight is 360 g/mol. The number of anilines is 2. The first-order valence-electron chi connectivity index (χ1n) is 7.96. The van der Waals surface area contributed by atoms with Crippen LogP contribution in [-0.4, -0.2) is 63.3 Å². The molecule has 0 aliphatic heterocycles. The summed E-state index contributed by atoms with van der Waals surface area (Å²) in [5.41, 5.74) is 0.376. The number of para-hydroxylation sites is 1. The molecule has 0 saturated heterocycles. The van der Waals surface area contributed by atoms with Crippen LogP contribution >= 0.6 is 0 Å². The number of carbonyl (C=O) groups excluding carboxylic acids is 1. The van der Waals surface area contributed by atoms with Gasteiger partial charge in [-0.05, 0) is 12.1 Å². The van der Waals surface area contributed by atoms with Crippen molar-refractivity contribution in [3.63, 3.8) is 0 Å². The van der Waals surface area contributed by atoms with Gasteiger partial charge >= 0.3 is 0 Å². The topological polar surface area (TPSA) is 92.7 Å². The fourth-order valence-electron chi connectivity index (χ4n) is 2.19. The van der Waals surface area contributed by atoms with Crippen molar-refractivity contribution in [2.24, 2.45) is 0 Å². The van der Waals surface area contributed by atoms with Crippen LogP contribution in [0.5, 0.6) is 11.5 Å². The molecule has 0 aliphatic carbocycles. The molecule has 0 spiro atoms. The maximum absolute atomic E-state index is 12.6. The molecule has 1 aromatic heterocycles. The standard InChI is InChI=1S/C17H24N6O3/c1-22(2)16-19-13(20-17(21-16)23(3)4)10-18-15(24)11-8-7-9-12(25-5)14(11)26-6/h7-9H,10H2,1-6H3,(H,18,24). The molecule has 2 rings (SSSR count). The number of nitrogens with one attached hydrogen (secondary N) is 1. The van der Waals surface area contributed by atoms with E-state index in [9.17, 15) is 4.79 Å². The predicted octanol–water partition coefficient (Wildman–Crippen LogP) is 0.951. The van der Waals surface area contributed by atoms with Crippen LogP contribution in [0.2, 0.25) is 0 Å². The molecule has 2 aromatic rings. The summed E-state index contributed by atoms with van der Waals surface area (Å²) in [4.78, 5) is 29.2. The van der Waals surface area contributed by atoms with Crippen LogP contribution in [-0.2, 0) is 6.54 Å². The zero-order valence-corrected chi connectivity index (χ0v) is 15.9. The highest BCUT2D eigenvalue weighted by molar-refractivity contribution is 5.97. The van der Waals surface area contributed by atoms with E-state index in [4.69, 9.17) is 9.47 Å². The number of carbonyl (C=O) groups is 1. The van der Waals surface area contributed by atoms with Gasteiger partial charge in [-0.3, -0.25) is 4.79 Å². The van der Waals surface area contributed by atoms with E-state index in [2.05, 4.69) is 20.3 Å². The SMILES string of the molecule is COc1cccc(C(=O)NCc2nc(N(C)C)nc(N(C)C)n2)c1OC. The summed E-state index contributed by atoms with van der Waals surface area (Å²) < 4.78 is 10.5. The molecule has 1 aromatic carbocycles. The molecule has 140 valence electrons. The molecular formula is C17H24N6O3. The van der Waals surface area contributed by atoms with Crippen LogP contribution in [0.25, 0.3) is 0 Å². The number of rotatable bonds is 7. The lowest BCUT2D eigenvalue weighted by atomic mass is 10.1. The summed E-state index contributed by atoms with van der Waals surface area (Å²) in [5, 5.41) is 2.81. The first-order valence-corrected chi connectivity index (χ1v) is 7.96. The minimum atomic E-state index is -0.307. The molecule has 0 unspecified atom stereocenters. The number of aromatic nitrogens is 3. The third-order valence-corrected chi connectivity index (χ3v) is 3.51. The number of benzene rings is 1. The minimum absolute atomic E-state index is 0.156. The molecule has 1 N–H and O–H groups in total. The van der Waals surface area contributed by atoms with Gasteiger partial charge in [-0.25, -0.2) is 0 Å². The third-order valence-electron chi connectivity index (χ3n) is 3.51. The molecule has 0 atom stereocenters.